The van der Waals surface area contributed by atoms with Gasteiger partial charge in [-0.15, -0.1) is 0 Å². The van der Waals surface area contributed by atoms with E-state index in [1.165, 1.54) is 0 Å². The van der Waals surface area contributed by atoms with Crippen molar-refractivity contribution in [1.29, 1.82) is 0 Å². The zero-order valence-electron chi connectivity index (χ0n) is 14.6. The maximum Gasteiger partial charge on any atom is 0.413 e. The molecule has 1 fully saturated rings. The molecule has 1 amide bonds. The Bertz CT molecular complexity index is 502. The normalized spacial score (nSPS) is 16.9. The van der Waals surface area contributed by atoms with Crippen LogP contribution < -0.4 is 10.6 Å². The SMILES string of the molecule is CCN1CCC(Nc2ccc(NC(=O)OC(C)(C)C)nc2)CC1. The Kier molecular flexibility index (Phi) is 5.82. The fraction of sp³-hybridized carbons (Fsp3) is 0.647. The number of aromatic nitrogens is 1. The minimum absolute atomic E-state index is 0.488. The molecule has 0 aliphatic carbocycles. The quantitative estimate of drug-likeness (QED) is 0.891. The summed E-state index contributed by atoms with van der Waals surface area (Å²) in [7, 11) is 0. The molecule has 2 rings (SSSR count). The van der Waals surface area contributed by atoms with E-state index in [-0.39, 0.29) is 0 Å². The molecule has 1 saturated heterocycles. The van der Waals surface area contributed by atoms with Crippen molar-refractivity contribution in [2.45, 2.75) is 52.2 Å². The number of rotatable bonds is 4. The highest BCUT2D eigenvalue weighted by molar-refractivity contribution is 5.83. The number of piperidine rings is 1. The second kappa shape index (κ2) is 7.64. The van der Waals surface area contributed by atoms with Gasteiger partial charge in [-0.1, -0.05) is 6.92 Å². The molecule has 0 aromatic carbocycles. The van der Waals surface area contributed by atoms with Crippen LogP contribution in [0.3, 0.4) is 0 Å². The molecule has 1 aliphatic heterocycles. The van der Waals surface area contributed by atoms with E-state index in [0.29, 0.717) is 11.9 Å². The van der Waals surface area contributed by atoms with Gasteiger partial charge < -0.3 is 15.0 Å². The Morgan fingerprint density at radius 1 is 1.35 bits per heavy atom. The summed E-state index contributed by atoms with van der Waals surface area (Å²) in [6.07, 6.45) is 3.55. The highest BCUT2D eigenvalue weighted by Gasteiger charge is 2.18. The van der Waals surface area contributed by atoms with Crippen molar-refractivity contribution in [3.63, 3.8) is 0 Å². The van der Waals surface area contributed by atoms with Gasteiger partial charge in [0, 0.05) is 19.1 Å². The Morgan fingerprint density at radius 2 is 2.04 bits per heavy atom. The van der Waals surface area contributed by atoms with E-state index in [1.54, 1.807) is 12.3 Å². The van der Waals surface area contributed by atoms with Crippen LogP contribution in [0.25, 0.3) is 0 Å². The van der Waals surface area contributed by atoms with Gasteiger partial charge in [-0.2, -0.15) is 0 Å². The molecule has 0 radical (unpaired) electrons. The summed E-state index contributed by atoms with van der Waals surface area (Å²) in [6, 6.07) is 4.21. The van der Waals surface area contributed by atoms with Gasteiger partial charge in [0.25, 0.3) is 0 Å². The van der Waals surface area contributed by atoms with E-state index < -0.39 is 11.7 Å². The van der Waals surface area contributed by atoms with Gasteiger partial charge in [0.2, 0.25) is 0 Å². The first-order valence-corrected chi connectivity index (χ1v) is 8.30. The standard InChI is InChI=1S/C17H28N4O2/c1-5-21-10-8-13(9-11-21)19-14-6-7-15(18-12-14)20-16(22)23-17(2,3)4/h6-7,12-13,19H,5,8-11H2,1-4H3,(H,18,20,22). The van der Waals surface area contributed by atoms with Crippen molar-refractivity contribution in [1.82, 2.24) is 9.88 Å². The summed E-state index contributed by atoms with van der Waals surface area (Å²) in [5, 5.41) is 6.15. The van der Waals surface area contributed by atoms with Crippen LogP contribution in [-0.2, 0) is 4.74 Å². The number of anilines is 2. The van der Waals surface area contributed by atoms with Crippen LogP contribution >= 0.6 is 0 Å². The first kappa shape index (κ1) is 17.5. The van der Waals surface area contributed by atoms with Gasteiger partial charge in [0.05, 0.1) is 11.9 Å². The number of likely N-dealkylation sites (tertiary alicyclic amines) is 1. The summed E-state index contributed by atoms with van der Waals surface area (Å²) < 4.78 is 5.20. The topological polar surface area (TPSA) is 66.5 Å². The van der Waals surface area contributed by atoms with Crippen LogP contribution in [0.4, 0.5) is 16.3 Å². The summed E-state index contributed by atoms with van der Waals surface area (Å²) in [5.74, 6) is 0.491. The number of amides is 1. The molecule has 23 heavy (non-hydrogen) atoms. The molecule has 0 bridgehead atoms. The Hall–Kier alpha value is -1.82. The Morgan fingerprint density at radius 3 is 2.57 bits per heavy atom. The summed E-state index contributed by atoms with van der Waals surface area (Å²) >= 11 is 0. The number of nitrogens with one attached hydrogen (secondary N) is 2. The molecule has 6 heteroatoms. The number of pyridine rings is 1. The van der Waals surface area contributed by atoms with Crippen molar-refractivity contribution < 1.29 is 9.53 Å². The third kappa shape index (κ3) is 6.06. The molecular weight excluding hydrogens is 292 g/mol. The lowest BCUT2D eigenvalue weighted by molar-refractivity contribution is 0.0635. The average Bonchev–Trinajstić information content (AvgIpc) is 2.48. The zero-order valence-corrected chi connectivity index (χ0v) is 14.6. The third-order valence-corrected chi connectivity index (χ3v) is 3.80. The molecule has 1 aromatic heterocycles. The molecule has 0 atom stereocenters. The van der Waals surface area contributed by atoms with Crippen LogP contribution in [0.15, 0.2) is 18.3 Å². The monoisotopic (exact) mass is 320 g/mol. The average molecular weight is 320 g/mol. The van der Waals surface area contributed by atoms with Crippen LogP contribution in [0, 0.1) is 0 Å². The molecular formula is C17H28N4O2. The van der Waals surface area contributed by atoms with Crippen molar-refractivity contribution in [2.75, 3.05) is 30.3 Å². The maximum atomic E-state index is 11.7. The smallest absolute Gasteiger partial charge is 0.413 e. The lowest BCUT2D eigenvalue weighted by Crippen LogP contribution is -2.38. The fourth-order valence-corrected chi connectivity index (χ4v) is 2.59. The minimum atomic E-state index is -0.515. The highest BCUT2D eigenvalue weighted by atomic mass is 16.6. The Balaban J connectivity index is 1.82. The van der Waals surface area contributed by atoms with E-state index >= 15 is 0 Å². The van der Waals surface area contributed by atoms with E-state index in [9.17, 15) is 4.79 Å². The van der Waals surface area contributed by atoms with Gasteiger partial charge in [-0.3, -0.25) is 5.32 Å². The first-order valence-electron chi connectivity index (χ1n) is 8.30. The Labute approximate surface area is 138 Å². The van der Waals surface area contributed by atoms with E-state index in [4.69, 9.17) is 4.74 Å². The van der Waals surface area contributed by atoms with E-state index in [0.717, 1.165) is 38.2 Å². The molecule has 2 heterocycles. The molecule has 1 aromatic rings. The first-order chi connectivity index (χ1) is 10.9. The number of hydrogen-bond donors (Lipinski definition) is 2. The van der Waals surface area contributed by atoms with Crippen molar-refractivity contribution >= 4 is 17.6 Å². The molecule has 6 nitrogen and oxygen atoms in total. The number of carbonyl (C=O) groups excluding carboxylic acids is 1. The van der Waals surface area contributed by atoms with Crippen molar-refractivity contribution in [3.8, 4) is 0 Å². The lowest BCUT2D eigenvalue weighted by Gasteiger charge is -2.31. The van der Waals surface area contributed by atoms with Crippen LogP contribution in [-0.4, -0.2) is 47.3 Å². The van der Waals surface area contributed by atoms with Crippen LogP contribution in [0.5, 0.6) is 0 Å². The molecule has 0 spiro atoms. The van der Waals surface area contributed by atoms with Gasteiger partial charge in [0.15, 0.2) is 0 Å². The highest BCUT2D eigenvalue weighted by Crippen LogP contribution is 2.17. The fourth-order valence-electron chi connectivity index (χ4n) is 2.59. The molecule has 0 unspecified atom stereocenters. The second-order valence-electron chi connectivity index (χ2n) is 6.91. The molecule has 128 valence electrons. The summed E-state index contributed by atoms with van der Waals surface area (Å²) in [6.45, 7) is 11.1. The zero-order chi connectivity index (χ0) is 16.9. The lowest BCUT2D eigenvalue weighted by atomic mass is 10.0. The maximum absolute atomic E-state index is 11.7. The van der Waals surface area contributed by atoms with Crippen molar-refractivity contribution in [2.24, 2.45) is 0 Å². The molecule has 2 N–H and O–H groups in total. The van der Waals surface area contributed by atoms with Crippen LogP contribution in [0.2, 0.25) is 0 Å². The largest absolute Gasteiger partial charge is 0.444 e. The second-order valence-corrected chi connectivity index (χ2v) is 6.91. The van der Waals surface area contributed by atoms with E-state index in [1.807, 2.05) is 26.8 Å². The predicted octanol–water partition coefficient (Wildman–Crippen LogP) is 3.32. The number of carbonyl (C=O) groups is 1. The molecule has 0 saturated carbocycles. The van der Waals surface area contributed by atoms with Gasteiger partial charge in [0.1, 0.15) is 11.4 Å². The minimum Gasteiger partial charge on any atom is -0.444 e. The van der Waals surface area contributed by atoms with Gasteiger partial charge >= 0.3 is 6.09 Å². The van der Waals surface area contributed by atoms with Gasteiger partial charge in [-0.05, 0) is 52.3 Å². The number of hydrogen-bond acceptors (Lipinski definition) is 5. The van der Waals surface area contributed by atoms with Crippen molar-refractivity contribution in [3.05, 3.63) is 18.3 Å². The summed E-state index contributed by atoms with van der Waals surface area (Å²) in [5.41, 5.74) is 0.466. The molecule has 1 aliphatic rings. The van der Waals surface area contributed by atoms with Gasteiger partial charge in [-0.25, -0.2) is 9.78 Å². The predicted molar refractivity (Wildman–Crippen MR) is 92.9 cm³/mol. The number of ether oxygens (including phenoxy) is 1. The third-order valence-electron chi connectivity index (χ3n) is 3.80. The number of nitrogens with zero attached hydrogens (tertiary/aromatic N) is 2. The van der Waals surface area contributed by atoms with Crippen LogP contribution in [0.1, 0.15) is 40.5 Å². The van der Waals surface area contributed by atoms with E-state index in [2.05, 4.69) is 27.4 Å². The summed E-state index contributed by atoms with van der Waals surface area (Å²) in [4.78, 5) is 18.4.